The molecule has 0 saturated heterocycles. The number of ether oxygens (including phenoxy) is 1. The first kappa shape index (κ1) is 21.8. The lowest BCUT2D eigenvalue weighted by Crippen LogP contribution is -2.33. The molecule has 0 spiro atoms. The summed E-state index contributed by atoms with van der Waals surface area (Å²) in [6.07, 6.45) is -0.0755. The summed E-state index contributed by atoms with van der Waals surface area (Å²) in [5.41, 5.74) is 9.94. The number of nitrogens with zero attached hydrogens (tertiary/aromatic N) is 4. The van der Waals surface area contributed by atoms with E-state index < -0.39 is 12.1 Å². The van der Waals surface area contributed by atoms with E-state index in [0.717, 1.165) is 0 Å². The van der Waals surface area contributed by atoms with Crippen LogP contribution in [0.15, 0.2) is 23.3 Å². The van der Waals surface area contributed by atoms with Crippen molar-refractivity contribution in [3.8, 4) is 5.75 Å². The van der Waals surface area contributed by atoms with Crippen LogP contribution in [0.25, 0.3) is 10.4 Å². The van der Waals surface area contributed by atoms with Crippen LogP contribution in [-0.4, -0.2) is 48.3 Å². The fraction of sp³-hybridized carbons (Fsp3) is 0.632. The largest absolute Gasteiger partial charge is 0.496 e. The van der Waals surface area contributed by atoms with Gasteiger partial charge in [0.2, 0.25) is 0 Å². The Morgan fingerprint density at radius 2 is 2.00 bits per heavy atom. The molecule has 0 bridgehead atoms. The molecule has 1 aromatic carbocycles. The number of azide groups is 1. The number of aliphatic hydroxyl groups is 1. The van der Waals surface area contributed by atoms with Crippen LogP contribution in [0.2, 0.25) is 0 Å². The summed E-state index contributed by atoms with van der Waals surface area (Å²) in [6.45, 7) is 9.03. The van der Waals surface area contributed by atoms with Gasteiger partial charge in [-0.2, -0.15) is 0 Å². The second kappa shape index (κ2) is 10.7. The summed E-state index contributed by atoms with van der Waals surface area (Å²) in [7, 11) is 1.52. The maximum atomic E-state index is 12.9. The minimum Gasteiger partial charge on any atom is -0.496 e. The van der Waals surface area contributed by atoms with Gasteiger partial charge in [0.15, 0.2) is 0 Å². The maximum Gasteiger partial charge on any atom is 0.257 e. The van der Waals surface area contributed by atoms with E-state index >= 15 is 0 Å². The highest BCUT2D eigenvalue weighted by Crippen LogP contribution is 2.26. The zero-order valence-electron chi connectivity index (χ0n) is 16.3. The third-order valence-corrected chi connectivity index (χ3v) is 4.38. The van der Waals surface area contributed by atoms with Gasteiger partial charge in [-0.3, -0.25) is 4.79 Å². The molecule has 0 aliphatic rings. The first-order valence-corrected chi connectivity index (χ1v) is 9.06. The molecule has 0 aliphatic heterocycles. The van der Waals surface area contributed by atoms with E-state index in [1.54, 1.807) is 17.0 Å². The van der Waals surface area contributed by atoms with Crippen LogP contribution < -0.4 is 4.74 Å². The van der Waals surface area contributed by atoms with E-state index in [0.29, 0.717) is 36.4 Å². The highest BCUT2D eigenvalue weighted by Gasteiger charge is 2.25. The van der Waals surface area contributed by atoms with Crippen molar-refractivity contribution in [1.82, 2.24) is 4.90 Å². The quantitative estimate of drug-likeness (QED) is 0.389. The molecule has 0 aromatic heterocycles. The fourth-order valence-electron chi connectivity index (χ4n) is 3.02. The van der Waals surface area contributed by atoms with Crippen LogP contribution in [0.1, 0.15) is 50.0 Å². The topological polar surface area (TPSA) is 98.5 Å². The van der Waals surface area contributed by atoms with E-state index in [4.69, 9.17) is 10.3 Å². The van der Waals surface area contributed by atoms with Crippen molar-refractivity contribution in [2.45, 2.75) is 52.7 Å². The molecule has 1 aromatic rings. The zero-order chi connectivity index (χ0) is 19.7. The third kappa shape index (κ3) is 5.64. The SMILES string of the molecule is CCN(CC)C(=O)c1c(C[C@H](O)[C@H](CC(C)C)N=[N+]=[N-])cccc1OC. The van der Waals surface area contributed by atoms with Crippen molar-refractivity contribution in [2.75, 3.05) is 20.2 Å². The number of methoxy groups -OCH3 is 1. The predicted octanol–water partition coefficient (Wildman–Crippen LogP) is 3.81. The van der Waals surface area contributed by atoms with E-state index in [1.807, 2.05) is 33.8 Å². The normalized spacial score (nSPS) is 13.0. The van der Waals surface area contributed by atoms with Crippen LogP contribution >= 0.6 is 0 Å². The van der Waals surface area contributed by atoms with Crippen molar-refractivity contribution in [3.63, 3.8) is 0 Å². The Kier molecular flexibility index (Phi) is 8.96. The number of amides is 1. The molecule has 0 radical (unpaired) electrons. The summed E-state index contributed by atoms with van der Waals surface area (Å²) in [4.78, 5) is 17.5. The van der Waals surface area contributed by atoms with Crippen LogP contribution in [0, 0.1) is 5.92 Å². The zero-order valence-corrected chi connectivity index (χ0v) is 16.3. The van der Waals surface area contributed by atoms with Crippen LogP contribution in [0.3, 0.4) is 0 Å². The summed E-state index contributed by atoms with van der Waals surface area (Å²) >= 11 is 0. The fourth-order valence-corrected chi connectivity index (χ4v) is 3.02. The average Bonchev–Trinajstić information content (AvgIpc) is 2.61. The lowest BCUT2D eigenvalue weighted by molar-refractivity contribution is 0.0766. The Morgan fingerprint density at radius 1 is 1.35 bits per heavy atom. The number of benzene rings is 1. The molecule has 1 N–H and O–H groups in total. The Morgan fingerprint density at radius 3 is 2.50 bits per heavy atom. The van der Waals surface area contributed by atoms with E-state index in [9.17, 15) is 9.90 Å². The molecular weight excluding hydrogens is 332 g/mol. The van der Waals surface area contributed by atoms with E-state index in [2.05, 4.69) is 10.0 Å². The number of hydrogen-bond donors (Lipinski definition) is 1. The Balaban J connectivity index is 3.23. The van der Waals surface area contributed by atoms with Crippen LogP contribution in [0.4, 0.5) is 0 Å². The summed E-state index contributed by atoms with van der Waals surface area (Å²) in [5.74, 6) is 0.636. The van der Waals surface area contributed by atoms with Crippen molar-refractivity contribution >= 4 is 5.91 Å². The monoisotopic (exact) mass is 362 g/mol. The van der Waals surface area contributed by atoms with Gasteiger partial charge in [-0.25, -0.2) is 0 Å². The van der Waals surface area contributed by atoms with Gasteiger partial charge in [0.05, 0.1) is 24.8 Å². The van der Waals surface area contributed by atoms with Gasteiger partial charge in [0, 0.05) is 18.0 Å². The van der Waals surface area contributed by atoms with Gasteiger partial charge in [-0.05, 0) is 49.8 Å². The Bertz CT molecular complexity index is 638. The number of hydrogen-bond acceptors (Lipinski definition) is 4. The second-order valence-electron chi connectivity index (χ2n) is 6.65. The van der Waals surface area contributed by atoms with Gasteiger partial charge in [0.1, 0.15) is 5.75 Å². The molecule has 0 aliphatic carbocycles. The molecule has 1 rings (SSSR count). The summed E-state index contributed by atoms with van der Waals surface area (Å²) in [6, 6.07) is 4.81. The minimum absolute atomic E-state index is 0.126. The Hall–Kier alpha value is -2.24. The van der Waals surface area contributed by atoms with Gasteiger partial charge in [-0.15, -0.1) is 0 Å². The molecule has 0 heterocycles. The maximum absolute atomic E-state index is 12.9. The molecule has 0 fully saturated rings. The number of aliphatic hydroxyl groups excluding tert-OH is 1. The van der Waals surface area contributed by atoms with Crippen LogP contribution in [0.5, 0.6) is 5.75 Å². The number of carbonyl (C=O) groups is 1. The van der Waals surface area contributed by atoms with Gasteiger partial charge in [-0.1, -0.05) is 31.1 Å². The first-order chi connectivity index (χ1) is 12.4. The smallest absolute Gasteiger partial charge is 0.257 e. The molecule has 0 saturated carbocycles. The molecular formula is C19H30N4O3. The van der Waals surface area contributed by atoms with Crippen molar-refractivity contribution in [2.24, 2.45) is 11.0 Å². The number of carbonyl (C=O) groups excluding carboxylic acids is 1. The predicted molar refractivity (Wildman–Crippen MR) is 102 cm³/mol. The molecule has 0 unspecified atom stereocenters. The highest BCUT2D eigenvalue weighted by molar-refractivity contribution is 5.98. The molecule has 1 amide bonds. The van der Waals surface area contributed by atoms with Gasteiger partial charge < -0.3 is 14.7 Å². The van der Waals surface area contributed by atoms with Crippen molar-refractivity contribution in [1.29, 1.82) is 0 Å². The standard InChI is InChI=1S/C19H30N4O3/c1-6-23(7-2)19(25)18-14(9-8-10-17(18)26-5)12-16(24)15(21-22-20)11-13(3)4/h8-10,13,15-16,24H,6-7,11-12H2,1-5H3/t15-,16-/m0/s1. The molecule has 144 valence electrons. The Labute approximate surface area is 155 Å². The molecule has 2 atom stereocenters. The molecule has 7 heteroatoms. The molecule has 7 nitrogen and oxygen atoms in total. The highest BCUT2D eigenvalue weighted by atomic mass is 16.5. The van der Waals surface area contributed by atoms with Crippen molar-refractivity contribution in [3.05, 3.63) is 39.8 Å². The average molecular weight is 362 g/mol. The van der Waals surface area contributed by atoms with Crippen LogP contribution in [-0.2, 0) is 6.42 Å². The number of rotatable bonds is 10. The minimum atomic E-state index is -0.872. The first-order valence-electron chi connectivity index (χ1n) is 9.06. The lowest BCUT2D eigenvalue weighted by atomic mass is 9.93. The second-order valence-corrected chi connectivity index (χ2v) is 6.65. The summed E-state index contributed by atoms with van der Waals surface area (Å²) in [5, 5.41) is 14.4. The molecule has 26 heavy (non-hydrogen) atoms. The van der Waals surface area contributed by atoms with E-state index in [-0.39, 0.29) is 18.2 Å². The summed E-state index contributed by atoms with van der Waals surface area (Å²) < 4.78 is 5.39. The van der Waals surface area contributed by atoms with Gasteiger partial charge >= 0.3 is 0 Å². The van der Waals surface area contributed by atoms with E-state index in [1.165, 1.54) is 7.11 Å². The third-order valence-electron chi connectivity index (χ3n) is 4.38. The van der Waals surface area contributed by atoms with Crippen molar-refractivity contribution < 1.29 is 14.6 Å². The lowest BCUT2D eigenvalue weighted by Gasteiger charge is -2.24. The van der Waals surface area contributed by atoms with Gasteiger partial charge in [0.25, 0.3) is 5.91 Å².